The first-order valence-electron chi connectivity index (χ1n) is 9.53. The number of benzene rings is 4. The molecule has 0 aliphatic carbocycles. The van der Waals surface area contributed by atoms with Crippen molar-refractivity contribution in [1.29, 1.82) is 0 Å². The molecule has 0 bridgehead atoms. The predicted molar refractivity (Wildman–Crippen MR) is 140 cm³/mol. The van der Waals surface area contributed by atoms with Gasteiger partial charge in [-0.2, -0.15) is 0 Å². The van der Waals surface area contributed by atoms with E-state index in [9.17, 15) is 0 Å². The van der Waals surface area contributed by atoms with E-state index in [1.165, 1.54) is 22.3 Å². The van der Waals surface area contributed by atoms with Gasteiger partial charge in [0.05, 0.1) is 0 Å². The molecule has 4 aromatic rings. The first kappa shape index (κ1) is 22.0. The topological polar surface area (TPSA) is 0 Å². The Morgan fingerprint density at radius 1 is 0.300 bits per heavy atom. The SMILES string of the molecule is Brc1ccc(C(c2ccc(Br)cc2)C(c2ccc(Br)cc2)c2ccc(Br)cc2)cc1. The lowest BCUT2D eigenvalue weighted by molar-refractivity contribution is 0.693. The summed E-state index contributed by atoms with van der Waals surface area (Å²) in [4.78, 5) is 0. The van der Waals surface area contributed by atoms with Gasteiger partial charge in [-0.15, -0.1) is 0 Å². The molecule has 0 spiro atoms. The number of halogens is 4. The lowest BCUT2D eigenvalue weighted by atomic mass is 9.74. The van der Waals surface area contributed by atoms with Crippen molar-refractivity contribution in [1.82, 2.24) is 0 Å². The van der Waals surface area contributed by atoms with Crippen LogP contribution in [0.3, 0.4) is 0 Å². The van der Waals surface area contributed by atoms with Crippen LogP contribution in [0.2, 0.25) is 0 Å². The van der Waals surface area contributed by atoms with Gasteiger partial charge in [-0.1, -0.05) is 112 Å². The molecule has 0 aromatic heterocycles. The molecular weight excluding hydrogens is 632 g/mol. The Bertz CT molecular complexity index is 916. The van der Waals surface area contributed by atoms with E-state index < -0.39 is 0 Å². The molecule has 0 radical (unpaired) electrons. The highest BCUT2D eigenvalue weighted by Gasteiger charge is 2.28. The summed E-state index contributed by atoms with van der Waals surface area (Å²) < 4.78 is 4.35. The molecule has 0 saturated heterocycles. The largest absolute Gasteiger partial charge is 0.0573 e. The van der Waals surface area contributed by atoms with Crippen LogP contribution in [0.4, 0.5) is 0 Å². The van der Waals surface area contributed by atoms with Crippen LogP contribution in [0.1, 0.15) is 34.1 Å². The van der Waals surface area contributed by atoms with E-state index in [2.05, 4.69) is 161 Å². The standard InChI is InChI=1S/C26H18Br4/c27-21-9-1-17(2-10-21)25(18-3-11-22(28)12-4-18)26(19-5-13-23(29)14-6-19)20-7-15-24(30)16-8-20/h1-16,25-26H. The molecule has 150 valence electrons. The van der Waals surface area contributed by atoms with Crippen LogP contribution in [-0.2, 0) is 0 Å². The van der Waals surface area contributed by atoms with Gasteiger partial charge in [-0.05, 0) is 70.8 Å². The third-order valence-corrected chi connectivity index (χ3v) is 7.36. The molecule has 0 atom stereocenters. The predicted octanol–water partition coefficient (Wildman–Crippen LogP) is 9.70. The van der Waals surface area contributed by atoms with Crippen LogP contribution in [0.15, 0.2) is 115 Å². The molecule has 0 nitrogen and oxygen atoms in total. The van der Waals surface area contributed by atoms with Gasteiger partial charge in [0.25, 0.3) is 0 Å². The van der Waals surface area contributed by atoms with Gasteiger partial charge in [0.1, 0.15) is 0 Å². The number of rotatable bonds is 5. The third-order valence-electron chi connectivity index (χ3n) is 5.25. The van der Waals surface area contributed by atoms with Crippen molar-refractivity contribution in [2.75, 3.05) is 0 Å². The highest BCUT2D eigenvalue weighted by atomic mass is 79.9. The summed E-state index contributed by atoms with van der Waals surface area (Å²) in [5.41, 5.74) is 5.15. The first-order valence-corrected chi connectivity index (χ1v) is 12.7. The fourth-order valence-electron chi connectivity index (χ4n) is 3.84. The van der Waals surface area contributed by atoms with Crippen molar-refractivity contribution in [2.24, 2.45) is 0 Å². The van der Waals surface area contributed by atoms with Crippen LogP contribution in [0.5, 0.6) is 0 Å². The lowest BCUT2D eigenvalue weighted by Gasteiger charge is -2.30. The van der Waals surface area contributed by atoms with Gasteiger partial charge >= 0.3 is 0 Å². The maximum absolute atomic E-state index is 3.59. The van der Waals surface area contributed by atoms with Crippen molar-refractivity contribution in [2.45, 2.75) is 11.8 Å². The second-order valence-electron chi connectivity index (χ2n) is 7.16. The van der Waals surface area contributed by atoms with Crippen molar-refractivity contribution < 1.29 is 0 Å². The molecule has 4 heteroatoms. The molecule has 0 aliphatic rings. The maximum atomic E-state index is 3.59. The number of hydrogen-bond donors (Lipinski definition) is 0. The van der Waals surface area contributed by atoms with Gasteiger partial charge in [0.15, 0.2) is 0 Å². The van der Waals surface area contributed by atoms with Crippen molar-refractivity contribution >= 4 is 63.7 Å². The molecule has 4 aromatic carbocycles. The minimum Gasteiger partial charge on any atom is -0.0573 e. The molecule has 0 amide bonds. The molecule has 0 aliphatic heterocycles. The normalized spacial score (nSPS) is 11.3. The minimum atomic E-state index is 0.175. The Kier molecular flexibility index (Phi) is 7.30. The number of hydrogen-bond acceptors (Lipinski definition) is 0. The van der Waals surface area contributed by atoms with E-state index in [1.807, 2.05) is 0 Å². The average molecular weight is 650 g/mol. The van der Waals surface area contributed by atoms with E-state index in [1.54, 1.807) is 0 Å². The fourth-order valence-corrected chi connectivity index (χ4v) is 4.89. The zero-order valence-corrected chi connectivity index (χ0v) is 22.2. The molecule has 0 N–H and O–H groups in total. The third kappa shape index (κ3) is 5.16. The van der Waals surface area contributed by atoms with Gasteiger partial charge in [-0.3, -0.25) is 0 Å². The second-order valence-corrected chi connectivity index (χ2v) is 10.8. The lowest BCUT2D eigenvalue weighted by Crippen LogP contribution is -2.15. The summed E-state index contributed by atoms with van der Waals surface area (Å²) in [5.74, 6) is 0.349. The monoisotopic (exact) mass is 646 g/mol. The van der Waals surface area contributed by atoms with Crippen molar-refractivity contribution in [3.63, 3.8) is 0 Å². The molecule has 0 unspecified atom stereocenters. The molecule has 0 fully saturated rings. The Labute approximate surface area is 211 Å². The summed E-state index contributed by atoms with van der Waals surface area (Å²) in [6.07, 6.45) is 0. The second kappa shape index (κ2) is 9.95. The van der Waals surface area contributed by atoms with Crippen LogP contribution >= 0.6 is 63.7 Å². The summed E-state index contributed by atoms with van der Waals surface area (Å²) >= 11 is 14.3. The zero-order valence-electron chi connectivity index (χ0n) is 15.9. The van der Waals surface area contributed by atoms with Gasteiger partial charge in [0, 0.05) is 29.7 Å². The first-order chi connectivity index (χ1) is 14.5. The van der Waals surface area contributed by atoms with Crippen LogP contribution in [0.25, 0.3) is 0 Å². The van der Waals surface area contributed by atoms with E-state index in [0.717, 1.165) is 17.9 Å². The van der Waals surface area contributed by atoms with Gasteiger partial charge in [-0.25, -0.2) is 0 Å². The minimum absolute atomic E-state index is 0.175. The van der Waals surface area contributed by atoms with Crippen LogP contribution < -0.4 is 0 Å². The Morgan fingerprint density at radius 3 is 0.633 bits per heavy atom. The molecular formula is C26H18Br4. The Hall–Kier alpha value is -1.20. The molecule has 30 heavy (non-hydrogen) atoms. The van der Waals surface area contributed by atoms with Crippen LogP contribution in [0, 0.1) is 0 Å². The molecule has 0 heterocycles. The highest BCUT2D eigenvalue weighted by Crippen LogP contribution is 2.43. The average Bonchev–Trinajstić information content (AvgIpc) is 2.75. The van der Waals surface area contributed by atoms with Gasteiger partial charge in [0.2, 0.25) is 0 Å². The van der Waals surface area contributed by atoms with E-state index in [-0.39, 0.29) is 11.8 Å². The van der Waals surface area contributed by atoms with E-state index in [0.29, 0.717) is 0 Å². The quantitative estimate of drug-likeness (QED) is 0.202. The zero-order chi connectivity index (χ0) is 21.1. The summed E-state index contributed by atoms with van der Waals surface area (Å²) in [6, 6.07) is 34.8. The smallest absolute Gasteiger partial charge is 0.0199 e. The Morgan fingerprint density at radius 2 is 0.467 bits per heavy atom. The van der Waals surface area contributed by atoms with E-state index in [4.69, 9.17) is 0 Å². The van der Waals surface area contributed by atoms with Crippen LogP contribution in [-0.4, -0.2) is 0 Å². The fraction of sp³-hybridized carbons (Fsp3) is 0.0769. The maximum Gasteiger partial charge on any atom is 0.0199 e. The summed E-state index contributed by atoms with van der Waals surface area (Å²) in [6.45, 7) is 0. The van der Waals surface area contributed by atoms with Crippen molar-refractivity contribution in [3.05, 3.63) is 137 Å². The van der Waals surface area contributed by atoms with Gasteiger partial charge < -0.3 is 0 Å². The molecule has 0 saturated carbocycles. The highest BCUT2D eigenvalue weighted by molar-refractivity contribution is 9.11. The van der Waals surface area contributed by atoms with E-state index >= 15 is 0 Å². The summed E-state index contributed by atoms with van der Waals surface area (Å²) in [5, 5.41) is 0. The van der Waals surface area contributed by atoms with Crippen molar-refractivity contribution in [3.8, 4) is 0 Å². The molecule has 4 rings (SSSR count). The summed E-state index contributed by atoms with van der Waals surface area (Å²) in [7, 11) is 0. The Balaban J connectivity index is 1.93.